The van der Waals surface area contributed by atoms with Crippen molar-refractivity contribution in [2.45, 2.75) is 13.5 Å². The zero-order valence-corrected chi connectivity index (χ0v) is 9.81. The van der Waals surface area contributed by atoms with Crippen LogP contribution in [0.1, 0.15) is 11.3 Å². The lowest BCUT2D eigenvalue weighted by Gasteiger charge is -2.04. The van der Waals surface area contributed by atoms with Gasteiger partial charge in [0.2, 0.25) is 0 Å². The van der Waals surface area contributed by atoms with E-state index in [2.05, 4.69) is 27.4 Å². The van der Waals surface area contributed by atoms with Crippen LogP contribution in [0.5, 0.6) is 0 Å². The minimum Gasteiger partial charge on any atom is -0.286 e. The molecule has 2 aromatic heterocycles. The van der Waals surface area contributed by atoms with Crippen LogP contribution in [0.3, 0.4) is 0 Å². The second-order valence-electron chi connectivity index (χ2n) is 3.78. The molecule has 1 saturated heterocycles. The van der Waals surface area contributed by atoms with Gasteiger partial charge < -0.3 is 0 Å². The molecule has 0 N–H and O–H groups in total. The Kier molecular flexibility index (Phi) is 2.32. The summed E-state index contributed by atoms with van der Waals surface area (Å²) in [6.07, 6.45) is 3.83. The van der Waals surface area contributed by atoms with E-state index in [4.69, 9.17) is 0 Å². The third-order valence-corrected chi connectivity index (χ3v) is 3.27. The Balaban J connectivity index is 1.80. The molecular weight excluding hydrogens is 220 g/mol. The Morgan fingerprint density at radius 2 is 2.31 bits per heavy atom. The molecule has 1 aliphatic rings. The first-order chi connectivity index (χ1) is 7.83. The van der Waals surface area contributed by atoms with Crippen LogP contribution in [0.4, 0.5) is 5.82 Å². The highest BCUT2D eigenvalue weighted by atomic mass is 32.2. The van der Waals surface area contributed by atoms with Crippen molar-refractivity contribution in [1.29, 1.82) is 0 Å². The van der Waals surface area contributed by atoms with Gasteiger partial charge in [-0.3, -0.25) is 14.0 Å². The van der Waals surface area contributed by atoms with Crippen LogP contribution in [0.25, 0.3) is 0 Å². The molecule has 0 bridgehead atoms. The van der Waals surface area contributed by atoms with Crippen molar-refractivity contribution in [2.75, 3.05) is 10.2 Å². The van der Waals surface area contributed by atoms with E-state index < -0.39 is 0 Å². The standard InChI is InChI=1S/C11H12N4S/c1-9-3-2-5-12-10(9)7-14-6-4-11(13-14)15-8-16-15/h2-6H,7-8H2,1H3. The lowest BCUT2D eigenvalue weighted by Crippen LogP contribution is -2.04. The first kappa shape index (κ1) is 9.72. The normalized spacial score (nSPS) is 14.2. The molecule has 3 heterocycles. The minimum atomic E-state index is 0.741. The summed E-state index contributed by atoms with van der Waals surface area (Å²) in [5.74, 6) is 2.10. The fourth-order valence-corrected chi connectivity index (χ4v) is 1.99. The molecule has 0 radical (unpaired) electrons. The Bertz CT molecular complexity index is 504. The van der Waals surface area contributed by atoms with Gasteiger partial charge in [0.15, 0.2) is 5.82 Å². The van der Waals surface area contributed by atoms with E-state index in [1.54, 1.807) is 11.9 Å². The molecule has 2 aromatic rings. The van der Waals surface area contributed by atoms with Gasteiger partial charge in [-0.1, -0.05) is 6.07 Å². The van der Waals surface area contributed by atoms with Crippen molar-refractivity contribution in [2.24, 2.45) is 0 Å². The molecular formula is C11H12N4S. The molecule has 82 valence electrons. The van der Waals surface area contributed by atoms with Crippen molar-refractivity contribution in [1.82, 2.24) is 14.8 Å². The smallest absolute Gasteiger partial charge is 0.161 e. The zero-order valence-electron chi connectivity index (χ0n) is 9.00. The number of hydrogen-bond donors (Lipinski definition) is 0. The summed E-state index contributed by atoms with van der Waals surface area (Å²) >= 11 is 1.79. The van der Waals surface area contributed by atoms with Crippen LogP contribution in [0.15, 0.2) is 30.6 Å². The van der Waals surface area contributed by atoms with Gasteiger partial charge in [-0.05, 0) is 30.5 Å². The SMILES string of the molecule is Cc1cccnc1Cn1ccc(N2CS2)n1. The highest BCUT2D eigenvalue weighted by Crippen LogP contribution is 2.33. The molecule has 1 fully saturated rings. The van der Waals surface area contributed by atoms with E-state index in [-0.39, 0.29) is 0 Å². The van der Waals surface area contributed by atoms with Gasteiger partial charge in [-0.2, -0.15) is 5.10 Å². The quantitative estimate of drug-likeness (QED) is 0.599. The fraction of sp³-hybridized carbons (Fsp3) is 0.273. The predicted octanol–water partition coefficient (Wildman–Crippen LogP) is 2.06. The monoisotopic (exact) mass is 232 g/mol. The van der Waals surface area contributed by atoms with Gasteiger partial charge in [0.1, 0.15) is 0 Å². The first-order valence-electron chi connectivity index (χ1n) is 5.17. The van der Waals surface area contributed by atoms with Crippen LogP contribution < -0.4 is 4.31 Å². The molecule has 4 nitrogen and oxygen atoms in total. The van der Waals surface area contributed by atoms with Crippen molar-refractivity contribution in [3.05, 3.63) is 41.9 Å². The van der Waals surface area contributed by atoms with E-state index in [0.29, 0.717) is 0 Å². The van der Waals surface area contributed by atoms with Crippen LogP contribution in [-0.2, 0) is 6.54 Å². The Hall–Kier alpha value is -1.49. The van der Waals surface area contributed by atoms with Crippen LogP contribution >= 0.6 is 11.9 Å². The Morgan fingerprint density at radius 3 is 3.06 bits per heavy atom. The molecule has 5 heteroatoms. The number of aryl methyl sites for hydroxylation is 1. The number of hydrogen-bond acceptors (Lipinski definition) is 4. The molecule has 0 aromatic carbocycles. The Labute approximate surface area is 98.4 Å². The average molecular weight is 232 g/mol. The predicted molar refractivity (Wildman–Crippen MR) is 65.2 cm³/mol. The number of nitrogens with zero attached hydrogens (tertiary/aromatic N) is 4. The zero-order chi connectivity index (χ0) is 11.0. The van der Waals surface area contributed by atoms with E-state index in [1.807, 2.05) is 29.2 Å². The van der Waals surface area contributed by atoms with Gasteiger partial charge in [0.25, 0.3) is 0 Å². The van der Waals surface area contributed by atoms with Crippen LogP contribution in [0, 0.1) is 6.92 Å². The molecule has 1 aliphatic heterocycles. The molecule has 0 spiro atoms. The number of rotatable bonds is 3. The van der Waals surface area contributed by atoms with Gasteiger partial charge in [0.05, 0.1) is 18.1 Å². The third-order valence-electron chi connectivity index (χ3n) is 2.57. The second kappa shape index (κ2) is 3.83. The van der Waals surface area contributed by atoms with Crippen molar-refractivity contribution >= 4 is 17.8 Å². The number of anilines is 1. The fourth-order valence-electron chi connectivity index (χ4n) is 1.57. The Morgan fingerprint density at radius 1 is 1.44 bits per heavy atom. The maximum absolute atomic E-state index is 4.49. The molecule has 0 amide bonds. The lowest BCUT2D eigenvalue weighted by molar-refractivity contribution is 0.670. The minimum absolute atomic E-state index is 0.741. The first-order valence-corrected chi connectivity index (χ1v) is 6.11. The summed E-state index contributed by atoms with van der Waals surface area (Å²) in [5.41, 5.74) is 2.29. The molecule has 3 rings (SSSR count). The van der Waals surface area contributed by atoms with Crippen molar-refractivity contribution in [3.8, 4) is 0 Å². The molecule has 0 unspecified atom stereocenters. The summed E-state index contributed by atoms with van der Waals surface area (Å²) < 4.78 is 4.09. The maximum atomic E-state index is 4.49. The largest absolute Gasteiger partial charge is 0.286 e. The maximum Gasteiger partial charge on any atom is 0.161 e. The van der Waals surface area contributed by atoms with Crippen LogP contribution in [0.2, 0.25) is 0 Å². The van der Waals surface area contributed by atoms with Gasteiger partial charge in [0, 0.05) is 18.5 Å². The molecule has 0 atom stereocenters. The molecule has 0 aliphatic carbocycles. The van der Waals surface area contributed by atoms with Crippen molar-refractivity contribution in [3.63, 3.8) is 0 Å². The van der Waals surface area contributed by atoms with Gasteiger partial charge in [-0.25, -0.2) is 0 Å². The summed E-state index contributed by atoms with van der Waals surface area (Å²) in [4.78, 5) is 4.36. The van der Waals surface area contributed by atoms with E-state index in [9.17, 15) is 0 Å². The lowest BCUT2D eigenvalue weighted by atomic mass is 10.2. The topological polar surface area (TPSA) is 33.7 Å². The van der Waals surface area contributed by atoms with E-state index in [1.165, 1.54) is 5.56 Å². The third kappa shape index (κ3) is 1.90. The van der Waals surface area contributed by atoms with E-state index >= 15 is 0 Å². The highest BCUT2D eigenvalue weighted by Gasteiger charge is 2.22. The van der Waals surface area contributed by atoms with Crippen LogP contribution in [-0.4, -0.2) is 20.6 Å². The summed E-state index contributed by atoms with van der Waals surface area (Å²) in [6.45, 7) is 2.82. The number of pyridine rings is 1. The van der Waals surface area contributed by atoms with Gasteiger partial charge >= 0.3 is 0 Å². The molecule has 16 heavy (non-hydrogen) atoms. The highest BCUT2D eigenvalue weighted by molar-refractivity contribution is 8.07. The summed E-state index contributed by atoms with van der Waals surface area (Å²) in [7, 11) is 0. The average Bonchev–Trinajstić information content (AvgIpc) is 3.03. The summed E-state index contributed by atoms with van der Waals surface area (Å²) in [6, 6.07) is 6.07. The molecule has 0 saturated carbocycles. The summed E-state index contributed by atoms with van der Waals surface area (Å²) in [5, 5.41) is 4.49. The number of aromatic nitrogens is 3. The van der Waals surface area contributed by atoms with Gasteiger partial charge in [-0.15, -0.1) is 0 Å². The van der Waals surface area contributed by atoms with E-state index in [0.717, 1.165) is 23.9 Å². The van der Waals surface area contributed by atoms with Crippen molar-refractivity contribution < 1.29 is 0 Å². The second-order valence-corrected chi connectivity index (χ2v) is 4.73.